The Morgan fingerprint density at radius 1 is 1.32 bits per heavy atom. The normalized spacial score (nSPS) is 10.8. The number of amides is 1. The van der Waals surface area contributed by atoms with Crippen molar-refractivity contribution in [3.8, 4) is 0 Å². The van der Waals surface area contributed by atoms with E-state index in [-0.39, 0.29) is 5.56 Å². The minimum absolute atomic E-state index is 0.202. The molecule has 114 valence electrons. The highest BCUT2D eigenvalue weighted by molar-refractivity contribution is 6.30. The molecule has 5 nitrogen and oxygen atoms in total. The zero-order chi connectivity index (χ0) is 15.9. The smallest absolute Gasteiger partial charge is 0.267 e. The van der Waals surface area contributed by atoms with Crippen LogP contribution in [0, 0.1) is 0 Å². The number of aryl methyl sites for hydroxylation is 2. The van der Waals surface area contributed by atoms with E-state index in [2.05, 4.69) is 0 Å². The Balaban J connectivity index is 2.14. The maximum absolute atomic E-state index is 12.2. The van der Waals surface area contributed by atoms with E-state index in [0.717, 1.165) is 11.6 Å². The summed E-state index contributed by atoms with van der Waals surface area (Å²) in [4.78, 5) is 23.2. The van der Waals surface area contributed by atoms with Crippen LogP contribution < -0.4 is 11.0 Å². The van der Waals surface area contributed by atoms with E-state index in [1.54, 1.807) is 29.0 Å². The van der Waals surface area contributed by atoms with Gasteiger partial charge in [-0.25, -0.2) is 5.48 Å². The second-order valence-electron chi connectivity index (χ2n) is 4.65. The van der Waals surface area contributed by atoms with Crippen molar-refractivity contribution in [2.75, 3.05) is 0 Å². The zero-order valence-corrected chi connectivity index (χ0v) is 12.5. The molecule has 0 aliphatic rings. The lowest BCUT2D eigenvalue weighted by molar-refractivity contribution is -0.124. The molecule has 1 aromatic carbocycles. The quantitative estimate of drug-likeness (QED) is 0.504. The zero-order valence-electron chi connectivity index (χ0n) is 11.7. The number of pyridine rings is 1. The molecule has 0 aliphatic carbocycles. The number of benzene rings is 1. The third-order valence-corrected chi connectivity index (χ3v) is 3.34. The first-order valence-corrected chi connectivity index (χ1v) is 7.04. The molecular weight excluding hydrogens is 304 g/mol. The van der Waals surface area contributed by atoms with Gasteiger partial charge in [0, 0.05) is 29.4 Å². The summed E-state index contributed by atoms with van der Waals surface area (Å²) >= 11 is 5.93. The summed E-state index contributed by atoms with van der Waals surface area (Å²) in [7, 11) is 0. The number of hydrogen-bond donors (Lipinski definition) is 2. The molecule has 0 aliphatic heterocycles. The maximum atomic E-state index is 12.2. The van der Waals surface area contributed by atoms with E-state index in [1.807, 2.05) is 18.2 Å². The van der Waals surface area contributed by atoms with E-state index < -0.39 is 5.91 Å². The molecule has 0 unspecified atom stereocenters. The molecule has 1 amide bonds. The number of hydroxylamine groups is 1. The fourth-order valence-electron chi connectivity index (χ4n) is 2.00. The van der Waals surface area contributed by atoms with Gasteiger partial charge in [0.1, 0.15) is 0 Å². The SMILES string of the molecule is O=C(/C=C/c1cccn(CCc2cccc(Cl)c2)c1=O)NO. The number of aromatic nitrogens is 1. The molecule has 0 spiro atoms. The van der Waals surface area contributed by atoms with Crippen molar-refractivity contribution < 1.29 is 10.0 Å². The van der Waals surface area contributed by atoms with Crippen molar-refractivity contribution in [1.29, 1.82) is 0 Å². The highest BCUT2D eigenvalue weighted by atomic mass is 35.5. The fraction of sp³-hybridized carbons (Fsp3) is 0.125. The molecule has 2 aromatic rings. The molecule has 0 saturated carbocycles. The summed E-state index contributed by atoms with van der Waals surface area (Å²) in [6, 6.07) is 10.8. The van der Waals surface area contributed by atoms with Gasteiger partial charge in [-0.2, -0.15) is 0 Å². The number of hydrogen-bond acceptors (Lipinski definition) is 3. The molecule has 1 aromatic heterocycles. The predicted molar refractivity (Wildman–Crippen MR) is 84.8 cm³/mol. The van der Waals surface area contributed by atoms with Crippen molar-refractivity contribution in [2.24, 2.45) is 0 Å². The lowest BCUT2D eigenvalue weighted by Gasteiger charge is -2.07. The van der Waals surface area contributed by atoms with Crippen LogP contribution in [-0.2, 0) is 17.8 Å². The van der Waals surface area contributed by atoms with E-state index in [9.17, 15) is 9.59 Å². The van der Waals surface area contributed by atoms with Gasteiger partial charge in [0.15, 0.2) is 0 Å². The van der Waals surface area contributed by atoms with Crippen LogP contribution in [0.15, 0.2) is 53.5 Å². The van der Waals surface area contributed by atoms with Crippen LogP contribution in [0.25, 0.3) is 6.08 Å². The van der Waals surface area contributed by atoms with Crippen molar-refractivity contribution in [3.63, 3.8) is 0 Å². The first-order valence-electron chi connectivity index (χ1n) is 6.66. The minimum Gasteiger partial charge on any atom is -0.315 e. The molecule has 2 rings (SSSR count). The summed E-state index contributed by atoms with van der Waals surface area (Å²) in [5, 5.41) is 9.09. The number of halogens is 1. The molecule has 6 heteroatoms. The van der Waals surface area contributed by atoms with Gasteiger partial charge < -0.3 is 4.57 Å². The van der Waals surface area contributed by atoms with Gasteiger partial charge in [-0.1, -0.05) is 23.7 Å². The van der Waals surface area contributed by atoms with Crippen molar-refractivity contribution >= 4 is 23.6 Å². The first-order chi connectivity index (χ1) is 10.6. The third-order valence-electron chi connectivity index (χ3n) is 3.10. The Morgan fingerprint density at radius 2 is 2.14 bits per heavy atom. The standard InChI is InChI=1S/C16H15ClN2O3/c17-14-5-1-3-12(11-14)8-10-19-9-2-4-13(16(19)21)6-7-15(20)18-22/h1-7,9,11,22H,8,10H2,(H,18,20)/b7-6+. The summed E-state index contributed by atoms with van der Waals surface area (Å²) in [6.45, 7) is 0.507. The second-order valence-corrected chi connectivity index (χ2v) is 5.09. The van der Waals surface area contributed by atoms with E-state index in [1.165, 1.54) is 11.6 Å². The van der Waals surface area contributed by atoms with Crippen LogP contribution in [-0.4, -0.2) is 15.7 Å². The average molecular weight is 319 g/mol. The van der Waals surface area contributed by atoms with Gasteiger partial charge in [-0.05, 0) is 42.3 Å². The number of nitrogens with one attached hydrogen (secondary N) is 1. The van der Waals surface area contributed by atoms with Gasteiger partial charge in [-0.15, -0.1) is 0 Å². The van der Waals surface area contributed by atoms with E-state index in [0.29, 0.717) is 23.6 Å². The topological polar surface area (TPSA) is 71.3 Å². The summed E-state index contributed by atoms with van der Waals surface area (Å²) in [5.74, 6) is -0.686. The lowest BCUT2D eigenvalue weighted by Crippen LogP contribution is -2.22. The summed E-state index contributed by atoms with van der Waals surface area (Å²) in [6.07, 6.45) is 4.82. The number of rotatable bonds is 5. The Kier molecular flexibility index (Phi) is 5.52. The Bertz CT molecular complexity index is 753. The van der Waals surface area contributed by atoms with Crippen molar-refractivity contribution in [3.05, 3.63) is 75.2 Å². The molecule has 2 N–H and O–H groups in total. The first kappa shape index (κ1) is 16.0. The molecule has 0 saturated heterocycles. The minimum atomic E-state index is -0.686. The monoisotopic (exact) mass is 318 g/mol. The maximum Gasteiger partial charge on any atom is 0.267 e. The average Bonchev–Trinajstić information content (AvgIpc) is 2.52. The van der Waals surface area contributed by atoms with E-state index >= 15 is 0 Å². The predicted octanol–water partition coefficient (Wildman–Crippen LogP) is 2.26. The van der Waals surface area contributed by atoms with Crippen LogP contribution in [0.3, 0.4) is 0 Å². The molecule has 0 fully saturated rings. The molecular formula is C16H15ClN2O3. The van der Waals surface area contributed by atoms with Crippen LogP contribution >= 0.6 is 11.6 Å². The van der Waals surface area contributed by atoms with Gasteiger partial charge in [-0.3, -0.25) is 14.8 Å². The largest absolute Gasteiger partial charge is 0.315 e. The highest BCUT2D eigenvalue weighted by Crippen LogP contribution is 2.11. The highest BCUT2D eigenvalue weighted by Gasteiger charge is 2.02. The van der Waals surface area contributed by atoms with Gasteiger partial charge in [0.2, 0.25) is 0 Å². The summed E-state index contributed by atoms with van der Waals surface area (Å²) in [5.41, 5.74) is 2.69. The van der Waals surface area contributed by atoms with Crippen molar-refractivity contribution in [2.45, 2.75) is 13.0 Å². The Labute approximate surface area is 132 Å². The molecule has 0 radical (unpaired) electrons. The van der Waals surface area contributed by atoms with Crippen LogP contribution in [0.4, 0.5) is 0 Å². The van der Waals surface area contributed by atoms with Gasteiger partial charge in [0.05, 0.1) is 0 Å². The number of nitrogens with zero attached hydrogens (tertiary/aromatic N) is 1. The second kappa shape index (κ2) is 7.59. The lowest BCUT2D eigenvalue weighted by atomic mass is 10.1. The van der Waals surface area contributed by atoms with Gasteiger partial charge in [0.25, 0.3) is 11.5 Å². The van der Waals surface area contributed by atoms with E-state index in [4.69, 9.17) is 16.8 Å². The molecule has 22 heavy (non-hydrogen) atoms. The van der Waals surface area contributed by atoms with Gasteiger partial charge >= 0.3 is 0 Å². The number of carbonyl (C=O) groups excluding carboxylic acids is 1. The molecule has 1 heterocycles. The fourth-order valence-corrected chi connectivity index (χ4v) is 2.22. The van der Waals surface area contributed by atoms with Crippen LogP contribution in [0.1, 0.15) is 11.1 Å². The Morgan fingerprint density at radius 3 is 2.86 bits per heavy atom. The number of carbonyl (C=O) groups is 1. The van der Waals surface area contributed by atoms with Crippen LogP contribution in [0.5, 0.6) is 0 Å². The summed E-state index contributed by atoms with van der Waals surface area (Å²) < 4.78 is 1.57. The Hall–Kier alpha value is -2.37. The van der Waals surface area contributed by atoms with Crippen molar-refractivity contribution in [1.82, 2.24) is 10.0 Å². The van der Waals surface area contributed by atoms with Crippen LogP contribution in [0.2, 0.25) is 5.02 Å². The molecule has 0 atom stereocenters. The molecule has 0 bridgehead atoms. The third kappa shape index (κ3) is 4.31.